The SMILES string of the molecule is CCCC(C#N)(CCC)C(=O)NC(C)Cc1cccs1. The number of rotatable bonds is 8. The monoisotopic (exact) mass is 292 g/mol. The molecule has 0 aromatic carbocycles. The fourth-order valence-electron chi connectivity index (χ4n) is 2.51. The van der Waals surface area contributed by atoms with Crippen molar-refractivity contribution in [3.8, 4) is 6.07 Å². The maximum Gasteiger partial charge on any atom is 0.240 e. The molecule has 3 nitrogen and oxygen atoms in total. The van der Waals surface area contributed by atoms with E-state index in [0.29, 0.717) is 12.8 Å². The van der Waals surface area contributed by atoms with Crippen molar-refractivity contribution >= 4 is 17.2 Å². The summed E-state index contributed by atoms with van der Waals surface area (Å²) in [5.74, 6) is -0.104. The molecular weight excluding hydrogens is 268 g/mol. The molecule has 4 heteroatoms. The highest BCUT2D eigenvalue weighted by Crippen LogP contribution is 2.29. The van der Waals surface area contributed by atoms with Crippen molar-refractivity contribution in [3.05, 3.63) is 22.4 Å². The molecule has 0 fully saturated rings. The number of thiophene rings is 1. The Kier molecular flexibility index (Phi) is 6.74. The third-order valence-electron chi connectivity index (χ3n) is 3.47. The van der Waals surface area contributed by atoms with Gasteiger partial charge in [-0.2, -0.15) is 5.26 Å². The van der Waals surface area contributed by atoms with E-state index in [4.69, 9.17) is 0 Å². The molecule has 1 aromatic rings. The van der Waals surface area contributed by atoms with E-state index in [2.05, 4.69) is 17.5 Å². The van der Waals surface area contributed by atoms with E-state index >= 15 is 0 Å². The first kappa shape index (κ1) is 16.7. The second-order valence-corrected chi connectivity index (χ2v) is 6.38. The molecule has 20 heavy (non-hydrogen) atoms. The van der Waals surface area contributed by atoms with Crippen molar-refractivity contribution in [2.75, 3.05) is 0 Å². The van der Waals surface area contributed by atoms with Gasteiger partial charge >= 0.3 is 0 Å². The lowest BCUT2D eigenvalue weighted by Gasteiger charge is -2.26. The van der Waals surface area contributed by atoms with E-state index in [9.17, 15) is 10.1 Å². The molecule has 1 atom stereocenters. The van der Waals surface area contributed by atoms with Gasteiger partial charge in [0.05, 0.1) is 6.07 Å². The van der Waals surface area contributed by atoms with Crippen LogP contribution in [0.2, 0.25) is 0 Å². The lowest BCUT2D eigenvalue weighted by atomic mass is 9.79. The summed E-state index contributed by atoms with van der Waals surface area (Å²) >= 11 is 1.70. The topological polar surface area (TPSA) is 52.9 Å². The number of nitrogens with one attached hydrogen (secondary N) is 1. The summed E-state index contributed by atoms with van der Waals surface area (Å²) in [5, 5.41) is 14.5. The van der Waals surface area contributed by atoms with Crippen LogP contribution in [0.1, 0.15) is 51.3 Å². The maximum atomic E-state index is 12.5. The molecule has 110 valence electrons. The average Bonchev–Trinajstić information content (AvgIpc) is 2.90. The van der Waals surface area contributed by atoms with E-state index < -0.39 is 5.41 Å². The van der Waals surface area contributed by atoms with Gasteiger partial charge in [0.15, 0.2) is 0 Å². The van der Waals surface area contributed by atoms with Crippen LogP contribution in [-0.2, 0) is 11.2 Å². The summed E-state index contributed by atoms with van der Waals surface area (Å²) in [4.78, 5) is 13.7. The highest BCUT2D eigenvalue weighted by Gasteiger charge is 2.37. The molecule has 0 aliphatic rings. The third kappa shape index (κ3) is 4.35. The second-order valence-electron chi connectivity index (χ2n) is 5.35. The molecule has 0 bridgehead atoms. The van der Waals surface area contributed by atoms with Crippen molar-refractivity contribution in [1.82, 2.24) is 5.32 Å². The highest BCUT2D eigenvalue weighted by atomic mass is 32.1. The van der Waals surface area contributed by atoms with Crippen LogP contribution in [0.3, 0.4) is 0 Å². The number of nitrogens with zero attached hydrogens (tertiary/aromatic N) is 1. The minimum atomic E-state index is -0.854. The Morgan fingerprint density at radius 3 is 2.55 bits per heavy atom. The van der Waals surface area contributed by atoms with Gasteiger partial charge in [0.25, 0.3) is 0 Å². The van der Waals surface area contributed by atoms with Gasteiger partial charge in [-0.15, -0.1) is 11.3 Å². The molecule has 0 radical (unpaired) electrons. The summed E-state index contributed by atoms with van der Waals surface area (Å²) in [6.45, 7) is 6.03. The molecule has 0 saturated heterocycles. The van der Waals surface area contributed by atoms with Crippen LogP contribution in [0.15, 0.2) is 17.5 Å². The molecule has 1 unspecified atom stereocenters. The molecule has 0 spiro atoms. The van der Waals surface area contributed by atoms with Gasteiger partial charge in [-0.25, -0.2) is 0 Å². The van der Waals surface area contributed by atoms with Crippen molar-refractivity contribution in [3.63, 3.8) is 0 Å². The van der Waals surface area contributed by atoms with Crippen LogP contribution in [-0.4, -0.2) is 11.9 Å². The number of amides is 1. The van der Waals surface area contributed by atoms with Crippen LogP contribution in [0.5, 0.6) is 0 Å². The maximum absolute atomic E-state index is 12.5. The first-order valence-corrected chi connectivity index (χ1v) is 8.20. The van der Waals surface area contributed by atoms with E-state index in [1.807, 2.05) is 32.2 Å². The van der Waals surface area contributed by atoms with Crippen molar-refractivity contribution in [2.24, 2.45) is 5.41 Å². The van der Waals surface area contributed by atoms with Gasteiger partial charge in [0, 0.05) is 17.3 Å². The zero-order valence-corrected chi connectivity index (χ0v) is 13.4. The number of nitriles is 1. The van der Waals surface area contributed by atoms with Crippen molar-refractivity contribution in [2.45, 2.75) is 58.9 Å². The minimum absolute atomic E-state index is 0.0580. The fraction of sp³-hybridized carbons (Fsp3) is 0.625. The standard InChI is InChI=1S/C16H24N2OS/c1-4-8-16(12-17,9-5-2)15(19)18-13(3)11-14-7-6-10-20-14/h6-7,10,13H,4-5,8-9,11H2,1-3H3,(H,18,19). The zero-order valence-electron chi connectivity index (χ0n) is 12.6. The van der Waals surface area contributed by atoms with Crippen LogP contribution in [0.4, 0.5) is 0 Å². The number of carbonyl (C=O) groups is 1. The molecule has 1 aromatic heterocycles. The fourth-order valence-corrected chi connectivity index (χ4v) is 3.35. The Labute approximate surface area is 126 Å². The average molecular weight is 292 g/mol. The predicted octanol–water partition coefficient (Wildman–Crippen LogP) is 3.91. The van der Waals surface area contributed by atoms with E-state index in [0.717, 1.165) is 19.3 Å². The Morgan fingerprint density at radius 2 is 2.10 bits per heavy atom. The molecule has 1 rings (SSSR count). The van der Waals surface area contributed by atoms with Gasteiger partial charge < -0.3 is 5.32 Å². The molecule has 1 N–H and O–H groups in total. The quantitative estimate of drug-likeness (QED) is 0.790. The van der Waals surface area contributed by atoms with Crippen LogP contribution in [0, 0.1) is 16.7 Å². The predicted molar refractivity (Wildman–Crippen MR) is 83.5 cm³/mol. The summed E-state index contributed by atoms with van der Waals surface area (Å²) in [6, 6.07) is 6.42. The largest absolute Gasteiger partial charge is 0.352 e. The Morgan fingerprint density at radius 1 is 1.45 bits per heavy atom. The first-order valence-electron chi connectivity index (χ1n) is 7.32. The van der Waals surface area contributed by atoms with Crippen molar-refractivity contribution < 1.29 is 4.79 Å². The smallest absolute Gasteiger partial charge is 0.240 e. The normalized spacial score (nSPS) is 12.7. The Bertz CT molecular complexity index is 442. The molecule has 1 heterocycles. The molecule has 0 aliphatic carbocycles. The van der Waals surface area contributed by atoms with Gasteiger partial charge in [-0.3, -0.25) is 4.79 Å². The van der Waals surface area contributed by atoms with Crippen LogP contribution >= 0.6 is 11.3 Å². The molecule has 1 amide bonds. The Hall–Kier alpha value is -1.34. The third-order valence-corrected chi connectivity index (χ3v) is 4.37. The van der Waals surface area contributed by atoms with Gasteiger partial charge in [-0.05, 0) is 31.2 Å². The summed E-state index contributed by atoms with van der Waals surface area (Å²) in [5.41, 5.74) is -0.854. The summed E-state index contributed by atoms with van der Waals surface area (Å²) in [7, 11) is 0. The first-order chi connectivity index (χ1) is 9.57. The molecular formula is C16H24N2OS. The Balaban J connectivity index is 2.68. The van der Waals surface area contributed by atoms with Crippen molar-refractivity contribution in [1.29, 1.82) is 5.26 Å². The van der Waals surface area contributed by atoms with Gasteiger partial charge in [-0.1, -0.05) is 32.8 Å². The number of carbonyl (C=O) groups excluding carboxylic acids is 1. The van der Waals surface area contributed by atoms with Crippen LogP contribution in [0.25, 0.3) is 0 Å². The van der Waals surface area contributed by atoms with Gasteiger partial charge in [0.1, 0.15) is 5.41 Å². The summed E-state index contributed by atoms with van der Waals surface area (Å²) in [6.07, 6.45) is 3.79. The van der Waals surface area contributed by atoms with Gasteiger partial charge in [0.2, 0.25) is 5.91 Å². The molecule has 0 aliphatic heterocycles. The lowest BCUT2D eigenvalue weighted by molar-refractivity contribution is -0.129. The van der Waals surface area contributed by atoms with E-state index in [-0.39, 0.29) is 11.9 Å². The number of hydrogen-bond acceptors (Lipinski definition) is 3. The van der Waals surface area contributed by atoms with E-state index in [1.165, 1.54) is 4.88 Å². The second kappa shape index (κ2) is 8.06. The minimum Gasteiger partial charge on any atom is -0.352 e. The van der Waals surface area contributed by atoms with Crippen LogP contribution < -0.4 is 5.32 Å². The molecule has 0 saturated carbocycles. The lowest BCUT2D eigenvalue weighted by Crippen LogP contribution is -2.44. The summed E-state index contributed by atoms with van der Waals surface area (Å²) < 4.78 is 0. The zero-order chi connectivity index (χ0) is 15.0. The highest BCUT2D eigenvalue weighted by molar-refractivity contribution is 7.09. The van der Waals surface area contributed by atoms with E-state index in [1.54, 1.807) is 11.3 Å². The number of hydrogen-bond donors (Lipinski definition) is 1.